The van der Waals surface area contributed by atoms with Crippen molar-refractivity contribution >= 4 is 12.0 Å². The molecule has 0 spiro atoms. The molecular formula is C14H24N2O3. The van der Waals surface area contributed by atoms with Crippen LogP contribution in [0.3, 0.4) is 0 Å². The number of nitrogens with zero attached hydrogens (tertiary/aromatic N) is 1. The van der Waals surface area contributed by atoms with E-state index >= 15 is 0 Å². The predicted octanol–water partition coefficient (Wildman–Crippen LogP) is 2.07. The number of carboxylic acids is 1. The monoisotopic (exact) mass is 268 g/mol. The van der Waals surface area contributed by atoms with Crippen LogP contribution in [-0.4, -0.2) is 41.1 Å². The van der Waals surface area contributed by atoms with Crippen molar-refractivity contribution in [1.82, 2.24) is 10.2 Å². The van der Waals surface area contributed by atoms with Gasteiger partial charge in [0.05, 0.1) is 0 Å². The van der Waals surface area contributed by atoms with Crippen LogP contribution in [0.4, 0.5) is 4.79 Å². The first-order valence-corrected chi connectivity index (χ1v) is 7.32. The second-order valence-corrected chi connectivity index (χ2v) is 6.06. The van der Waals surface area contributed by atoms with Crippen LogP contribution >= 0.6 is 0 Å². The maximum Gasteiger partial charge on any atom is 0.317 e. The Morgan fingerprint density at radius 1 is 1.32 bits per heavy atom. The van der Waals surface area contributed by atoms with Crippen molar-refractivity contribution in [3.05, 3.63) is 0 Å². The molecule has 2 amide bonds. The van der Waals surface area contributed by atoms with Gasteiger partial charge in [0.1, 0.15) is 0 Å². The molecule has 2 fully saturated rings. The van der Waals surface area contributed by atoms with Crippen LogP contribution in [0.15, 0.2) is 0 Å². The molecule has 108 valence electrons. The minimum absolute atomic E-state index is 0.0194. The lowest BCUT2D eigenvalue weighted by Crippen LogP contribution is -2.43. The van der Waals surface area contributed by atoms with Gasteiger partial charge in [-0.2, -0.15) is 0 Å². The first-order chi connectivity index (χ1) is 9.04. The molecule has 0 aromatic carbocycles. The third kappa shape index (κ3) is 4.73. The molecule has 1 heterocycles. The summed E-state index contributed by atoms with van der Waals surface area (Å²) in [5.41, 5.74) is 0. The maximum absolute atomic E-state index is 12.0. The van der Waals surface area contributed by atoms with Crippen LogP contribution < -0.4 is 5.32 Å². The largest absolute Gasteiger partial charge is 0.481 e. The third-order valence-electron chi connectivity index (χ3n) is 4.09. The van der Waals surface area contributed by atoms with Gasteiger partial charge in [-0.15, -0.1) is 0 Å². The van der Waals surface area contributed by atoms with Crippen molar-refractivity contribution < 1.29 is 14.7 Å². The van der Waals surface area contributed by atoms with E-state index < -0.39 is 5.97 Å². The summed E-state index contributed by atoms with van der Waals surface area (Å²) >= 11 is 0. The van der Waals surface area contributed by atoms with Gasteiger partial charge < -0.3 is 15.3 Å². The highest BCUT2D eigenvalue weighted by Gasteiger charge is 2.28. The van der Waals surface area contributed by atoms with Crippen LogP contribution in [0.2, 0.25) is 0 Å². The van der Waals surface area contributed by atoms with Gasteiger partial charge >= 0.3 is 12.0 Å². The highest BCUT2D eigenvalue weighted by molar-refractivity contribution is 5.74. The molecule has 2 atom stereocenters. The van der Waals surface area contributed by atoms with Gasteiger partial charge in [-0.25, -0.2) is 4.79 Å². The Morgan fingerprint density at radius 2 is 2.05 bits per heavy atom. The fraction of sp³-hybridized carbons (Fsp3) is 0.857. The molecule has 2 N–H and O–H groups in total. The highest BCUT2D eigenvalue weighted by atomic mass is 16.4. The SMILES string of the molecule is CC(CC1CC1)NC(=O)N1CCC(CCC(=O)O)C1. The molecule has 2 unspecified atom stereocenters. The van der Waals surface area contributed by atoms with Crippen LogP contribution in [0.5, 0.6) is 0 Å². The topological polar surface area (TPSA) is 69.6 Å². The smallest absolute Gasteiger partial charge is 0.317 e. The van der Waals surface area contributed by atoms with Crippen LogP contribution in [0.25, 0.3) is 0 Å². The number of urea groups is 1. The molecule has 1 saturated carbocycles. The lowest BCUT2D eigenvalue weighted by molar-refractivity contribution is -0.137. The first kappa shape index (κ1) is 14.2. The quantitative estimate of drug-likeness (QED) is 0.774. The summed E-state index contributed by atoms with van der Waals surface area (Å²) < 4.78 is 0. The van der Waals surface area contributed by atoms with E-state index in [0.29, 0.717) is 18.9 Å². The van der Waals surface area contributed by atoms with E-state index in [-0.39, 0.29) is 18.5 Å². The Balaban J connectivity index is 1.67. The summed E-state index contributed by atoms with van der Waals surface area (Å²) in [6, 6.07) is 0.268. The second kappa shape index (κ2) is 6.26. The number of aliphatic carboxylic acids is 1. The Labute approximate surface area is 114 Å². The molecule has 2 aliphatic rings. The molecule has 1 aliphatic carbocycles. The zero-order valence-electron chi connectivity index (χ0n) is 11.6. The Bertz CT molecular complexity index is 342. The summed E-state index contributed by atoms with van der Waals surface area (Å²) in [5, 5.41) is 11.7. The van der Waals surface area contributed by atoms with E-state index in [1.165, 1.54) is 12.8 Å². The molecule has 0 radical (unpaired) electrons. The van der Waals surface area contributed by atoms with Gasteiger partial charge in [-0.05, 0) is 38.0 Å². The van der Waals surface area contributed by atoms with E-state index in [1.54, 1.807) is 0 Å². The fourth-order valence-corrected chi connectivity index (χ4v) is 2.79. The number of nitrogens with one attached hydrogen (secondary N) is 1. The van der Waals surface area contributed by atoms with Crippen LogP contribution in [0, 0.1) is 11.8 Å². The molecule has 5 nitrogen and oxygen atoms in total. The minimum Gasteiger partial charge on any atom is -0.481 e. The van der Waals surface area contributed by atoms with Gasteiger partial charge in [-0.3, -0.25) is 4.79 Å². The predicted molar refractivity (Wildman–Crippen MR) is 71.9 cm³/mol. The van der Waals surface area contributed by atoms with Gasteiger partial charge in [0, 0.05) is 25.6 Å². The summed E-state index contributed by atoms with van der Waals surface area (Å²) in [6.07, 6.45) is 5.51. The minimum atomic E-state index is -0.749. The average molecular weight is 268 g/mol. The van der Waals surface area contributed by atoms with Crippen LogP contribution in [0.1, 0.15) is 45.4 Å². The molecule has 0 aromatic rings. The van der Waals surface area contributed by atoms with Crippen molar-refractivity contribution in [3.63, 3.8) is 0 Å². The average Bonchev–Trinajstić information content (AvgIpc) is 3.01. The number of hydrogen-bond acceptors (Lipinski definition) is 2. The standard InChI is InChI=1S/C14H24N2O3/c1-10(8-11-2-3-11)15-14(19)16-7-6-12(9-16)4-5-13(17)18/h10-12H,2-9H2,1H3,(H,15,19)(H,17,18). The van der Waals surface area contributed by atoms with E-state index in [9.17, 15) is 9.59 Å². The van der Waals surface area contributed by atoms with Crippen molar-refractivity contribution in [2.45, 2.75) is 51.5 Å². The van der Waals surface area contributed by atoms with Crippen molar-refractivity contribution in [2.24, 2.45) is 11.8 Å². The van der Waals surface area contributed by atoms with E-state index in [0.717, 1.165) is 25.3 Å². The number of rotatable bonds is 6. The maximum atomic E-state index is 12.0. The third-order valence-corrected chi connectivity index (χ3v) is 4.09. The highest BCUT2D eigenvalue weighted by Crippen LogP contribution is 2.33. The zero-order chi connectivity index (χ0) is 13.8. The Kier molecular flexibility index (Phi) is 4.66. The summed E-state index contributed by atoms with van der Waals surface area (Å²) in [7, 11) is 0. The van der Waals surface area contributed by atoms with Gasteiger partial charge in [-0.1, -0.05) is 12.8 Å². The normalized spacial score (nSPS) is 24.3. The lowest BCUT2D eigenvalue weighted by atomic mass is 10.0. The molecule has 19 heavy (non-hydrogen) atoms. The number of carboxylic acid groups (broad SMARTS) is 1. The fourth-order valence-electron chi connectivity index (χ4n) is 2.79. The van der Waals surface area contributed by atoms with Gasteiger partial charge in [0.25, 0.3) is 0 Å². The summed E-state index contributed by atoms with van der Waals surface area (Å²) in [5.74, 6) is 0.415. The Morgan fingerprint density at radius 3 is 2.68 bits per heavy atom. The van der Waals surface area contributed by atoms with E-state index in [4.69, 9.17) is 5.11 Å². The molecular weight excluding hydrogens is 244 g/mol. The number of carbonyl (C=O) groups excluding carboxylic acids is 1. The molecule has 1 saturated heterocycles. The van der Waals surface area contributed by atoms with E-state index in [2.05, 4.69) is 12.2 Å². The summed E-state index contributed by atoms with van der Waals surface area (Å²) in [4.78, 5) is 24.4. The van der Waals surface area contributed by atoms with Crippen LogP contribution in [-0.2, 0) is 4.79 Å². The Hall–Kier alpha value is -1.26. The molecule has 0 bridgehead atoms. The summed E-state index contributed by atoms with van der Waals surface area (Å²) in [6.45, 7) is 3.52. The number of amides is 2. The van der Waals surface area contributed by atoms with Crippen molar-refractivity contribution in [2.75, 3.05) is 13.1 Å². The van der Waals surface area contributed by atoms with Gasteiger partial charge in [0.2, 0.25) is 0 Å². The van der Waals surface area contributed by atoms with Crippen molar-refractivity contribution in [3.8, 4) is 0 Å². The number of likely N-dealkylation sites (tertiary alicyclic amines) is 1. The molecule has 5 heteroatoms. The molecule has 0 aromatic heterocycles. The first-order valence-electron chi connectivity index (χ1n) is 7.32. The number of carbonyl (C=O) groups is 2. The van der Waals surface area contributed by atoms with E-state index in [1.807, 2.05) is 4.90 Å². The number of hydrogen-bond donors (Lipinski definition) is 2. The lowest BCUT2D eigenvalue weighted by Gasteiger charge is -2.21. The second-order valence-electron chi connectivity index (χ2n) is 6.06. The molecule has 1 aliphatic heterocycles. The molecule has 2 rings (SSSR count). The van der Waals surface area contributed by atoms with Crippen molar-refractivity contribution in [1.29, 1.82) is 0 Å². The van der Waals surface area contributed by atoms with Gasteiger partial charge in [0.15, 0.2) is 0 Å². The zero-order valence-corrected chi connectivity index (χ0v) is 11.6.